The second kappa shape index (κ2) is 6.29. The van der Waals surface area contributed by atoms with Crippen molar-refractivity contribution >= 4 is 16.0 Å². The van der Waals surface area contributed by atoms with Crippen LogP contribution in [0.1, 0.15) is 12.0 Å². The predicted molar refractivity (Wildman–Crippen MR) is 64.6 cm³/mol. The first-order chi connectivity index (χ1) is 8.90. The van der Waals surface area contributed by atoms with Gasteiger partial charge in [0, 0.05) is 6.61 Å². The molecule has 0 spiro atoms. The van der Waals surface area contributed by atoms with E-state index in [1.807, 2.05) is 4.72 Å². The highest BCUT2D eigenvalue weighted by molar-refractivity contribution is 7.89. The molecule has 8 heteroatoms. The number of carboxylic acid groups (broad SMARTS) is 1. The second-order valence-corrected chi connectivity index (χ2v) is 5.38. The molecule has 0 heterocycles. The molecule has 19 heavy (non-hydrogen) atoms. The first-order valence-corrected chi connectivity index (χ1v) is 6.75. The number of carbonyl (C=O) groups is 1. The Labute approximate surface area is 110 Å². The molecule has 102 valence electrons. The molecule has 0 amide bonds. The molecule has 0 radical (unpaired) electrons. The van der Waals surface area contributed by atoms with Crippen molar-refractivity contribution in [3.05, 3.63) is 29.8 Å². The van der Waals surface area contributed by atoms with Crippen LogP contribution >= 0.6 is 0 Å². The molecule has 1 rings (SSSR count). The number of benzene rings is 1. The minimum Gasteiger partial charge on any atom is -0.480 e. The standard InChI is InChI=1S/C11H12N2O5S/c12-7-8-2-1-3-9(6-8)19(17,18)13-10(4-5-14)11(15)16/h1-3,6,10,13-14H,4-5H2,(H,15,16)/t10-/m1/s1. The van der Waals surface area contributed by atoms with Crippen molar-refractivity contribution in [3.63, 3.8) is 0 Å². The number of aliphatic hydroxyl groups is 1. The van der Waals surface area contributed by atoms with Crippen LogP contribution in [0.5, 0.6) is 0 Å². The number of hydrogen-bond acceptors (Lipinski definition) is 5. The number of aliphatic hydroxyl groups excluding tert-OH is 1. The molecule has 0 aliphatic heterocycles. The van der Waals surface area contributed by atoms with Gasteiger partial charge in [-0.25, -0.2) is 8.42 Å². The van der Waals surface area contributed by atoms with Gasteiger partial charge in [-0.05, 0) is 24.6 Å². The molecular formula is C11H12N2O5S. The van der Waals surface area contributed by atoms with Crippen molar-refractivity contribution in [3.8, 4) is 6.07 Å². The Morgan fingerprint density at radius 3 is 2.68 bits per heavy atom. The van der Waals surface area contributed by atoms with Gasteiger partial charge in [-0.15, -0.1) is 0 Å². The van der Waals surface area contributed by atoms with Crippen molar-refractivity contribution in [2.75, 3.05) is 6.61 Å². The van der Waals surface area contributed by atoms with Crippen LogP contribution in [0.25, 0.3) is 0 Å². The summed E-state index contributed by atoms with van der Waals surface area (Å²) in [7, 11) is -4.05. The number of nitrogens with zero attached hydrogens (tertiary/aromatic N) is 1. The maximum absolute atomic E-state index is 11.9. The van der Waals surface area contributed by atoms with E-state index in [0.29, 0.717) is 0 Å². The highest BCUT2D eigenvalue weighted by Crippen LogP contribution is 2.12. The lowest BCUT2D eigenvalue weighted by Crippen LogP contribution is -2.41. The van der Waals surface area contributed by atoms with Gasteiger partial charge in [0.2, 0.25) is 10.0 Å². The van der Waals surface area contributed by atoms with E-state index in [-0.39, 0.29) is 16.9 Å². The van der Waals surface area contributed by atoms with Crippen LogP contribution in [0.3, 0.4) is 0 Å². The van der Waals surface area contributed by atoms with Crippen LogP contribution in [-0.4, -0.2) is 37.2 Å². The molecule has 0 bridgehead atoms. The third kappa shape index (κ3) is 4.03. The zero-order valence-corrected chi connectivity index (χ0v) is 10.6. The summed E-state index contributed by atoms with van der Waals surface area (Å²) in [5, 5.41) is 26.2. The topological polar surface area (TPSA) is 127 Å². The summed E-state index contributed by atoms with van der Waals surface area (Å²) in [6.45, 7) is -0.461. The van der Waals surface area contributed by atoms with E-state index < -0.39 is 28.6 Å². The lowest BCUT2D eigenvalue weighted by atomic mass is 10.2. The fourth-order valence-electron chi connectivity index (χ4n) is 1.35. The van der Waals surface area contributed by atoms with E-state index in [0.717, 1.165) is 6.07 Å². The first-order valence-electron chi connectivity index (χ1n) is 5.27. The molecule has 7 nitrogen and oxygen atoms in total. The number of carboxylic acids is 1. The zero-order chi connectivity index (χ0) is 14.5. The quantitative estimate of drug-likeness (QED) is 0.656. The SMILES string of the molecule is N#Cc1cccc(S(=O)(=O)N[C@H](CCO)C(=O)O)c1. The van der Waals surface area contributed by atoms with Crippen molar-refractivity contribution in [1.29, 1.82) is 5.26 Å². The molecule has 1 atom stereocenters. The second-order valence-electron chi connectivity index (χ2n) is 3.66. The molecule has 1 aromatic rings. The van der Waals surface area contributed by atoms with Crippen LogP contribution < -0.4 is 4.72 Å². The smallest absolute Gasteiger partial charge is 0.321 e. The molecule has 0 aliphatic rings. The molecule has 0 aliphatic carbocycles. The Hall–Kier alpha value is -1.95. The van der Waals surface area contributed by atoms with Crippen molar-refractivity contribution < 1.29 is 23.4 Å². The van der Waals surface area contributed by atoms with Crippen molar-refractivity contribution in [1.82, 2.24) is 4.72 Å². The molecule has 0 unspecified atom stereocenters. The van der Waals surface area contributed by atoms with Gasteiger partial charge >= 0.3 is 5.97 Å². The van der Waals surface area contributed by atoms with Crippen molar-refractivity contribution in [2.24, 2.45) is 0 Å². The van der Waals surface area contributed by atoms with Gasteiger partial charge in [0.05, 0.1) is 16.5 Å². The largest absolute Gasteiger partial charge is 0.480 e. The Morgan fingerprint density at radius 1 is 1.47 bits per heavy atom. The van der Waals surface area contributed by atoms with Gasteiger partial charge in [-0.3, -0.25) is 4.79 Å². The average molecular weight is 284 g/mol. The van der Waals surface area contributed by atoms with Gasteiger partial charge in [-0.1, -0.05) is 6.07 Å². The molecule has 3 N–H and O–H groups in total. The summed E-state index contributed by atoms with van der Waals surface area (Å²) in [6, 6.07) is 5.58. The van der Waals surface area contributed by atoms with E-state index in [1.165, 1.54) is 18.2 Å². The number of rotatable bonds is 6. The number of nitrogens with one attached hydrogen (secondary N) is 1. The normalized spacial score (nSPS) is 12.6. The Morgan fingerprint density at radius 2 is 2.16 bits per heavy atom. The lowest BCUT2D eigenvalue weighted by Gasteiger charge is -2.13. The van der Waals surface area contributed by atoms with E-state index in [1.54, 1.807) is 6.07 Å². The fraction of sp³-hybridized carbons (Fsp3) is 0.273. The third-order valence-corrected chi connectivity index (χ3v) is 3.76. The van der Waals surface area contributed by atoms with Gasteiger partial charge in [-0.2, -0.15) is 9.98 Å². The molecular weight excluding hydrogens is 272 g/mol. The number of sulfonamides is 1. The number of nitriles is 1. The highest BCUT2D eigenvalue weighted by Gasteiger charge is 2.24. The average Bonchev–Trinajstić information content (AvgIpc) is 2.38. The maximum Gasteiger partial charge on any atom is 0.321 e. The summed E-state index contributed by atoms with van der Waals surface area (Å²) >= 11 is 0. The summed E-state index contributed by atoms with van der Waals surface area (Å²) < 4.78 is 25.8. The van der Waals surface area contributed by atoms with E-state index in [4.69, 9.17) is 15.5 Å². The van der Waals surface area contributed by atoms with Gasteiger partial charge < -0.3 is 10.2 Å². The van der Waals surface area contributed by atoms with Gasteiger partial charge in [0.15, 0.2) is 0 Å². The van der Waals surface area contributed by atoms with Crippen LogP contribution in [-0.2, 0) is 14.8 Å². The predicted octanol–water partition coefficient (Wildman–Crippen LogP) is -0.328. The van der Waals surface area contributed by atoms with Crippen LogP contribution in [0.2, 0.25) is 0 Å². The van der Waals surface area contributed by atoms with E-state index >= 15 is 0 Å². The van der Waals surface area contributed by atoms with Gasteiger partial charge in [0.1, 0.15) is 6.04 Å². The monoisotopic (exact) mass is 284 g/mol. The van der Waals surface area contributed by atoms with E-state index in [2.05, 4.69) is 0 Å². The molecule has 0 fully saturated rings. The minimum atomic E-state index is -4.05. The number of hydrogen-bond donors (Lipinski definition) is 3. The highest BCUT2D eigenvalue weighted by atomic mass is 32.2. The molecule has 0 saturated heterocycles. The lowest BCUT2D eigenvalue weighted by molar-refractivity contribution is -0.139. The number of aliphatic carboxylic acids is 1. The molecule has 0 aromatic heterocycles. The summed E-state index contributed by atoms with van der Waals surface area (Å²) in [5.41, 5.74) is 0.150. The minimum absolute atomic E-state index is 0.150. The van der Waals surface area contributed by atoms with Gasteiger partial charge in [0.25, 0.3) is 0 Å². The summed E-state index contributed by atoms with van der Waals surface area (Å²) in [5.74, 6) is -1.38. The zero-order valence-electron chi connectivity index (χ0n) is 9.78. The maximum atomic E-state index is 11.9. The van der Waals surface area contributed by atoms with E-state index in [9.17, 15) is 13.2 Å². The molecule has 1 aromatic carbocycles. The summed E-state index contributed by atoms with van der Waals surface area (Å²) in [4.78, 5) is 10.6. The Balaban J connectivity index is 3.03. The van der Waals surface area contributed by atoms with Crippen LogP contribution in [0, 0.1) is 11.3 Å². The molecule has 0 saturated carbocycles. The van der Waals surface area contributed by atoms with Crippen molar-refractivity contribution in [2.45, 2.75) is 17.4 Å². The Kier molecular flexibility index (Phi) is 5.00. The first kappa shape index (κ1) is 15.1. The van der Waals surface area contributed by atoms with Crippen LogP contribution in [0.4, 0.5) is 0 Å². The summed E-state index contributed by atoms with van der Waals surface area (Å²) in [6.07, 6.45) is -0.244. The van der Waals surface area contributed by atoms with Crippen LogP contribution in [0.15, 0.2) is 29.2 Å². The third-order valence-electron chi connectivity index (χ3n) is 2.29. The Bertz CT molecular complexity index is 606. The fourth-order valence-corrected chi connectivity index (χ4v) is 2.62.